The minimum absolute atomic E-state index is 0.177. The van der Waals surface area contributed by atoms with Crippen LogP contribution in [0, 0.1) is 5.92 Å². The van der Waals surface area contributed by atoms with Gasteiger partial charge in [-0.25, -0.2) is 0 Å². The lowest BCUT2D eigenvalue weighted by atomic mass is 9.84. The van der Waals surface area contributed by atoms with Gasteiger partial charge in [0.05, 0.1) is 11.2 Å². The van der Waals surface area contributed by atoms with Crippen molar-refractivity contribution >= 4 is 21.7 Å². The van der Waals surface area contributed by atoms with Crippen LogP contribution in [0.4, 0.5) is 5.69 Å². The number of nitrogens with two attached hydrogens (primary N) is 1. The minimum Gasteiger partial charge on any atom is -0.382 e. The topological polar surface area (TPSA) is 98.5 Å². The maximum atomic E-state index is 12.5. The van der Waals surface area contributed by atoms with E-state index in [1.54, 1.807) is 42.5 Å². The number of benzene rings is 2. The molecule has 0 aliphatic heterocycles. The zero-order valence-corrected chi connectivity index (χ0v) is 15.1. The van der Waals surface area contributed by atoms with E-state index in [1.165, 1.54) is 0 Å². The van der Waals surface area contributed by atoms with E-state index in [4.69, 9.17) is 9.92 Å². The van der Waals surface area contributed by atoms with Gasteiger partial charge in [0.2, 0.25) is 5.91 Å². The summed E-state index contributed by atoms with van der Waals surface area (Å²) in [7, 11) is -3.79. The average molecular weight is 374 g/mol. The molecule has 0 heterocycles. The van der Waals surface area contributed by atoms with Gasteiger partial charge < -0.3 is 15.2 Å². The Hall–Kier alpha value is -2.38. The van der Waals surface area contributed by atoms with Gasteiger partial charge >= 0.3 is 10.1 Å². The van der Waals surface area contributed by atoms with E-state index in [2.05, 4.69) is 5.32 Å². The number of rotatable bonds is 5. The monoisotopic (exact) mass is 374 g/mol. The first kappa shape index (κ1) is 18.4. The van der Waals surface area contributed by atoms with E-state index in [0.717, 1.165) is 0 Å². The Morgan fingerprint density at radius 3 is 2.23 bits per heavy atom. The van der Waals surface area contributed by atoms with E-state index < -0.39 is 27.3 Å². The molecule has 0 aromatic heterocycles. The Morgan fingerprint density at radius 2 is 1.62 bits per heavy atom. The smallest absolute Gasteiger partial charge is 0.312 e. The second-order valence-electron chi connectivity index (χ2n) is 6.45. The van der Waals surface area contributed by atoms with Crippen molar-refractivity contribution in [2.45, 2.75) is 30.6 Å². The number of nitrogens with one attached hydrogen (secondary N) is 1. The third-order valence-electron chi connectivity index (χ3n) is 4.59. The second-order valence-corrected chi connectivity index (χ2v) is 8.27. The lowest BCUT2D eigenvalue weighted by Gasteiger charge is -2.32. The van der Waals surface area contributed by atoms with Crippen molar-refractivity contribution in [3.63, 3.8) is 0 Å². The molecule has 2 aromatic carbocycles. The van der Waals surface area contributed by atoms with Crippen molar-refractivity contribution in [1.82, 2.24) is 0 Å². The summed E-state index contributed by atoms with van der Waals surface area (Å²) in [5.41, 5.74) is 6.83. The average Bonchev–Trinajstić information content (AvgIpc) is 2.63. The van der Waals surface area contributed by atoms with E-state index >= 15 is 0 Å². The van der Waals surface area contributed by atoms with Gasteiger partial charge in [0.1, 0.15) is 5.75 Å². The van der Waals surface area contributed by atoms with E-state index in [9.17, 15) is 13.2 Å². The molecule has 26 heavy (non-hydrogen) atoms. The number of hydrogen-bond donors (Lipinski definition) is 2. The maximum Gasteiger partial charge on any atom is 0.312 e. The zero-order chi connectivity index (χ0) is 18.6. The lowest BCUT2D eigenvalue weighted by Crippen LogP contribution is -2.47. The number of hydrogen-bond acceptors (Lipinski definition) is 5. The molecule has 138 valence electrons. The molecule has 3 unspecified atom stereocenters. The van der Waals surface area contributed by atoms with Crippen molar-refractivity contribution in [1.29, 1.82) is 0 Å². The molecule has 6 nitrogen and oxygen atoms in total. The quantitative estimate of drug-likeness (QED) is 0.784. The number of para-hydroxylation sites is 2. The Balaban J connectivity index is 1.61. The van der Waals surface area contributed by atoms with E-state index in [1.807, 2.05) is 18.2 Å². The fourth-order valence-corrected chi connectivity index (χ4v) is 4.59. The molecule has 1 amide bonds. The second kappa shape index (κ2) is 7.88. The SMILES string of the molecule is NC1CC(S(=O)(=O)Oc2ccccc2)CCC1C(=O)Nc1ccccc1. The van der Waals surface area contributed by atoms with Crippen molar-refractivity contribution in [2.24, 2.45) is 11.7 Å². The molecule has 0 saturated heterocycles. The summed E-state index contributed by atoms with van der Waals surface area (Å²) in [5, 5.41) is 2.13. The third-order valence-corrected chi connectivity index (χ3v) is 6.26. The van der Waals surface area contributed by atoms with Crippen molar-refractivity contribution in [3.8, 4) is 5.75 Å². The first-order valence-electron chi connectivity index (χ1n) is 8.55. The van der Waals surface area contributed by atoms with Crippen molar-refractivity contribution < 1.29 is 17.4 Å². The molecular formula is C19H22N2O4S. The molecule has 1 aliphatic rings. The van der Waals surface area contributed by atoms with Gasteiger partial charge in [-0.3, -0.25) is 4.79 Å². The summed E-state index contributed by atoms with van der Waals surface area (Å²) in [6, 6.07) is 17.0. The Labute approximate surface area is 153 Å². The van der Waals surface area contributed by atoms with Crippen LogP contribution in [-0.2, 0) is 14.9 Å². The Morgan fingerprint density at radius 1 is 1.00 bits per heavy atom. The summed E-state index contributed by atoms with van der Waals surface area (Å²) in [6.45, 7) is 0. The van der Waals surface area contributed by atoms with Gasteiger partial charge in [-0.05, 0) is 43.5 Å². The molecule has 3 rings (SSSR count). The molecule has 3 N–H and O–H groups in total. The van der Waals surface area contributed by atoms with Crippen LogP contribution in [0.1, 0.15) is 19.3 Å². The molecule has 0 radical (unpaired) electrons. The van der Waals surface area contributed by atoms with Crippen LogP contribution < -0.4 is 15.2 Å². The summed E-state index contributed by atoms with van der Waals surface area (Å²) >= 11 is 0. The Kier molecular flexibility index (Phi) is 5.58. The summed E-state index contributed by atoms with van der Waals surface area (Å²) in [4.78, 5) is 12.5. The molecule has 1 saturated carbocycles. The molecule has 7 heteroatoms. The Bertz CT molecular complexity index is 840. The van der Waals surface area contributed by atoms with Gasteiger partial charge in [0.15, 0.2) is 0 Å². The van der Waals surface area contributed by atoms with E-state index in [0.29, 0.717) is 18.5 Å². The fourth-order valence-electron chi connectivity index (χ4n) is 3.19. The van der Waals surface area contributed by atoms with Gasteiger partial charge in [-0.2, -0.15) is 8.42 Å². The van der Waals surface area contributed by atoms with Crippen LogP contribution in [0.25, 0.3) is 0 Å². The van der Waals surface area contributed by atoms with Gasteiger partial charge in [-0.1, -0.05) is 36.4 Å². The third kappa shape index (κ3) is 4.42. The van der Waals surface area contributed by atoms with Crippen LogP contribution in [0.5, 0.6) is 5.75 Å². The standard InChI is InChI=1S/C19H22N2O4S/c20-18-13-16(26(23,24)25-15-9-5-2-6-10-15)11-12-17(18)19(22)21-14-7-3-1-4-8-14/h1-10,16-18H,11-13,20H2,(H,21,22). The molecule has 2 aromatic rings. The van der Waals surface area contributed by atoms with E-state index in [-0.39, 0.29) is 18.1 Å². The van der Waals surface area contributed by atoms with Crippen LogP contribution >= 0.6 is 0 Å². The number of amides is 1. The maximum absolute atomic E-state index is 12.5. The largest absolute Gasteiger partial charge is 0.382 e. The zero-order valence-electron chi connectivity index (χ0n) is 14.2. The first-order chi connectivity index (χ1) is 12.5. The molecule has 3 atom stereocenters. The fraction of sp³-hybridized carbons (Fsp3) is 0.316. The highest BCUT2D eigenvalue weighted by atomic mass is 32.2. The van der Waals surface area contributed by atoms with Crippen molar-refractivity contribution in [2.75, 3.05) is 5.32 Å². The first-order valence-corrected chi connectivity index (χ1v) is 10.0. The van der Waals surface area contributed by atoms with Crippen LogP contribution in [0.2, 0.25) is 0 Å². The van der Waals surface area contributed by atoms with Gasteiger partial charge in [0, 0.05) is 11.7 Å². The molecular weight excluding hydrogens is 352 g/mol. The molecule has 1 fully saturated rings. The van der Waals surface area contributed by atoms with Gasteiger partial charge in [0.25, 0.3) is 0 Å². The van der Waals surface area contributed by atoms with Crippen LogP contribution in [-0.4, -0.2) is 25.6 Å². The highest BCUT2D eigenvalue weighted by Crippen LogP contribution is 2.30. The predicted molar refractivity (Wildman–Crippen MR) is 100 cm³/mol. The molecule has 0 bridgehead atoms. The van der Waals surface area contributed by atoms with Crippen LogP contribution in [0.15, 0.2) is 60.7 Å². The normalized spacial score (nSPS) is 23.2. The highest BCUT2D eigenvalue weighted by Gasteiger charge is 2.39. The number of carbonyl (C=O) groups excluding carboxylic acids is 1. The molecule has 0 spiro atoms. The lowest BCUT2D eigenvalue weighted by molar-refractivity contribution is -0.121. The highest BCUT2D eigenvalue weighted by molar-refractivity contribution is 7.87. The number of carbonyl (C=O) groups is 1. The minimum atomic E-state index is -3.79. The summed E-state index contributed by atoms with van der Waals surface area (Å²) in [6.07, 6.45) is 0.944. The van der Waals surface area contributed by atoms with Crippen molar-refractivity contribution in [3.05, 3.63) is 60.7 Å². The summed E-state index contributed by atoms with van der Waals surface area (Å²) < 4.78 is 30.2. The number of anilines is 1. The molecule has 1 aliphatic carbocycles. The predicted octanol–water partition coefficient (Wildman–Crippen LogP) is 2.53. The van der Waals surface area contributed by atoms with Crippen LogP contribution in [0.3, 0.4) is 0 Å². The summed E-state index contributed by atoms with van der Waals surface area (Å²) in [5.74, 6) is -0.313. The van der Waals surface area contributed by atoms with Gasteiger partial charge in [-0.15, -0.1) is 0 Å².